The Hall–Kier alpha value is -6.95. The molecule has 0 amide bonds. The lowest BCUT2D eigenvalue weighted by Crippen LogP contribution is -2.05. The van der Waals surface area contributed by atoms with Gasteiger partial charge in [0.25, 0.3) is 0 Å². The van der Waals surface area contributed by atoms with Crippen LogP contribution in [0.4, 0.5) is 0 Å². The first-order chi connectivity index (χ1) is 27.8. The molecule has 0 aliphatic heterocycles. The highest BCUT2D eigenvalue weighted by Gasteiger charge is 2.25. The topological polar surface area (TPSA) is 43.6 Å². The minimum atomic E-state index is 0.636. The lowest BCUT2D eigenvalue weighted by Gasteiger charge is -2.22. The molecular formula is C51H34N4S. The number of para-hydroxylation sites is 1. The molecule has 10 aromatic rings. The van der Waals surface area contributed by atoms with Gasteiger partial charge in [-0.05, 0) is 48.2 Å². The number of nitrogens with zero attached hydrogens (tertiary/aromatic N) is 4. The van der Waals surface area contributed by atoms with Gasteiger partial charge in [-0.3, -0.25) is 0 Å². The summed E-state index contributed by atoms with van der Waals surface area (Å²) in [5, 5.41) is 5.06. The Bertz CT molecular complexity index is 3120. The van der Waals surface area contributed by atoms with Gasteiger partial charge in [0.2, 0.25) is 0 Å². The molecule has 0 atom stereocenters. The van der Waals surface area contributed by atoms with Gasteiger partial charge in [0.15, 0.2) is 17.5 Å². The van der Waals surface area contributed by atoms with Crippen LogP contribution in [0.3, 0.4) is 0 Å². The van der Waals surface area contributed by atoms with Crippen LogP contribution < -0.4 is 0 Å². The standard InChI is InChI=1S/C51H34N4S/c1-5-17-33(18-6-1)42-31-37(51-53-49(35-21-9-3-10-22-35)52-50(54-51)36-23-11-4-12-24-36)32-43(34-19-7-2-8-20-34)46(42)55-44-27-15-13-25-38(44)40-29-30-41-39-26-14-16-28-45(39)56-48(41)47(40)55/h1,3-7,9-32H,2,8H2. The highest BCUT2D eigenvalue weighted by Crippen LogP contribution is 2.47. The average Bonchev–Trinajstić information content (AvgIpc) is 3.83. The number of hydrogen-bond donors (Lipinski definition) is 0. The second kappa shape index (κ2) is 13.4. The van der Waals surface area contributed by atoms with Crippen LogP contribution in [0.2, 0.25) is 0 Å². The van der Waals surface area contributed by atoms with Crippen LogP contribution >= 0.6 is 11.3 Å². The first-order valence-electron chi connectivity index (χ1n) is 19.1. The predicted molar refractivity (Wildman–Crippen MR) is 235 cm³/mol. The fourth-order valence-electron chi connectivity index (χ4n) is 8.28. The van der Waals surface area contributed by atoms with Crippen LogP contribution in [0.1, 0.15) is 18.4 Å². The highest BCUT2D eigenvalue weighted by atomic mass is 32.1. The van der Waals surface area contributed by atoms with Crippen molar-refractivity contribution in [1.29, 1.82) is 0 Å². The van der Waals surface area contributed by atoms with Gasteiger partial charge >= 0.3 is 0 Å². The Labute approximate surface area is 328 Å². The van der Waals surface area contributed by atoms with Gasteiger partial charge < -0.3 is 4.57 Å². The largest absolute Gasteiger partial charge is 0.307 e. The van der Waals surface area contributed by atoms with E-state index >= 15 is 0 Å². The van der Waals surface area contributed by atoms with E-state index < -0.39 is 0 Å². The van der Waals surface area contributed by atoms with Crippen LogP contribution in [-0.2, 0) is 0 Å². The van der Waals surface area contributed by atoms with E-state index in [1.165, 1.54) is 47.6 Å². The van der Waals surface area contributed by atoms with Crippen molar-refractivity contribution >= 4 is 58.9 Å². The van der Waals surface area contributed by atoms with E-state index in [9.17, 15) is 0 Å². The minimum Gasteiger partial charge on any atom is -0.307 e. The molecule has 3 heterocycles. The third-order valence-corrected chi connectivity index (χ3v) is 12.1. The molecule has 0 bridgehead atoms. The molecule has 264 valence electrons. The van der Waals surface area contributed by atoms with Crippen molar-refractivity contribution in [1.82, 2.24) is 19.5 Å². The number of rotatable bonds is 6. The quantitative estimate of drug-likeness (QED) is 0.171. The zero-order chi connectivity index (χ0) is 37.0. The number of fused-ring (bicyclic) bond motifs is 7. The molecular weight excluding hydrogens is 701 g/mol. The maximum atomic E-state index is 5.21. The van der Waals surface area contributed by atoms with E-state index in [1.807, 2.05) is 47.7 Å². The van der Waals surface area contributed by atoms with Crippen LogP contribution in [0.25, 0.3) is 98.5 Å². The van der Waals surface area contributed by atoms with Gasteiger partial charge in [0.1, 0.15) is 0 Å². The molecule has 1 aliphatic carbocycles. The fourth-order valence-corrected chi connectivity index (χ4v) is 9.52. The summed E-state index contributed by atoms with van der Waals surface area (Å²) in [5.41, 5.74) is 11.0. The van der Waals surface area contributed by atoms with Crippen molar-refractivity contribution in [3.05, 3.63) is 188 Å². The van der Waals surface area contributed by atoms with Gasteiger partial charge in [0, 0.05) is 54.1 Å². The second-order valence-electron chi connectivity index (χ2n) is 14.3. The van der Waals surface area contributed by atoms with Gasteiger partial charge in [0.05, 0.1) is 21.4 Å². The lowest BCUT2D eigenvalue weighted by molar-refractivity contribution is 1.04. The molecule has 0 N–H and O–H groups in total. The van der Waals surface area contributed by atoms with Crippen LogP contribution in [0.15, 0.2) is 182 Å². The Balaban J connectivity index is 1.28. The van der Waals surface area contributed by atoms with Gasteiger partial charge in [-0.1, -0.05) is 158 Å². The van der Waals surface area contributed by atoms with Crippen LogP contribution in [0, 0.1) is 0 Å². The normalized spacial score (nSPS) is 12.9. The van der Waals surface area contributed by atoms with E-state index in [2.05, 4.69) is 150 Å². The van der Waals surface area contributed by atoms with E-state index in [0.29, 0.717) is 17.5 Å². The Morgan fingerprint density at radius 3 is 1.71 bits per heavy atom. The smallest absolute Gasteiger partial charge is 0.164 e. The first-order valence-corrected chi connectivity index (χ1v) is 19.9. The molecule has 1 aliphatic rings. The molecule has 0 fully saturated rings. The summed E-state index contributed by atoms with van der Waals surface area (Å²) >= 11 is 1.88. The Morgan fingerprint density at radius 2 is 1.04 bits per heavy atom. The zero-order valence-electron chi connectivity index (χ0n) is 30.4. The molecule has 4 nitrogen and oxygen atoms in total. The monoisotopic (exact) mass is 734 g/mol. The van der Waals surface area contributed by atoms with Gasteiger partial charge in [-0.2, -0.15) is 0 Å². The maximum absolute atomic E-state index is 5.21. The van der Waals surface area contributed by atoms with E-state index in [-0.39, 0.29) is 0 Å². The second-order valence-corrected chi connectivity index (χ2v) is 15.3. The molecule has 0 radical (unpaired) electrons. The van der Waals surface area contributed by atoms with E-state index in [0.717, 1.165) is 51.9 Å². The molecule has 11 rings (SSSR count). The Kier molecular flexibility index (Phi) is 7.78. The van der Waals surface area contributed by atoms with Gasteiger partial charge in [-0.15, -0.1) is 11.3 Å². The van der Waals surface area contributed by atoms with Crippen molar-refractivity contribution in [3.63, 3.8) is 0 Å². The number of hydrogen-bond acceptors (Lipinski definition) is 4. The third-order valence-electron chi connectivity index (χ3n) is 10.9. The SMILES string of the molecule is C1=CC(c2cc(-c3nc(-c4ccccc4)nc(-c4ccccc4)n3)cc(-c3ccccc3)c2-n2c3ccccc3c3ccc4c5ccccc5sc4c32)=CCC1. The molecule has 0 saturated carbocycles. The lowest BCUT2D eigenvalue weighted by atomic mass is 9.90. The predicted octanol–water partition coefficient (Wildman–Crippen LogP) is 13.7. The number of thiophene rings is 1. The number of allylic oxidation sites excluding steroid dienone is 4. The number of benzene rings is 7. The third kappa shape index (κ3) is 5.39. The van der Waals surface area contributed by atoms with E-state index in [4.69, 9.17) is 15.0 Å². The summed E-state index contributed by atoms with van der Waals surface area (Å²) in [4.78, 5) is 15.4. The van der Waals surface area contributed by atoms with Crippen molar-refractivity contribution < 1.29 is 0 Å². The zero-order valence-corrected chi connectivity index (χ0v) is 31.2. The van der Waals surface area contributed by atoms with Crippen LogP contribution in [-0.4, -0.2) is 19.5 Å². The molecule has 0 saturated heterocycles. The molecule has 7 aromatic carbocycles. The van der Waals surface area contributed by atoms with Crippen LogP contribution in [0.5, 0.6) is 0 Å². The number of aromatic nitrogens is 4. The van der Waals surface area contributed by atoms with Crippen molar-refractivity contribution in [2.24, 2.45) is 0 Å². The molecule has 0 unspecified atom stereocenters. The molecule has 56 heavy (non-hydrogen) atoms. The summed E-state index contributed by atoms with van der Waals surface area (Å²) in [7, 11) is 0. The first kappa shape index (κ1) is 32.5. The minimum absolute atomic E-state index is 0.636. The summed E-state index contributed by atoms with van der Waals surface area (Å²) < 4.78 is 5.13. The van der Waals surface area contributed by atoms with Gasteiger partial charge in [-0.25, -0.2) is 15.0 Å². The van der Waals surface area contributed by atoms with Crippen molar-refractivity contribution in [3.8, 4) is 51.0 Å². The van der Waals surface area contributed by atoms with Crippen molar-refractivity contribution in [2.45, 2.75) is 12.8 Å². The summed E-state index contributed by atoms with van der Waals surface area (Å²) in [5.74, 6) is 1.93. The molecule has 0 spiro atoms. The Morgan fingerprint density at radius 1 is 0.464 bits per heavy atom. The maximum Gasteiger partial charge on any atom is 0.164 e. The van der Waals surface area contributed by atoms with Crippen molar-refractivity contribution in [2.75, 3.05) is 0 Å². The molecule has 5 heteroatoms. The van der Waals surface area contributed by atoms with E-state index in [1.54, 1.807) is 0 Å². The summed E-state index contributed by atoms with van der Waals surface area (Å²) in [6, 6.07) is 58.1. The summed E-state index contributed by atoms with van der Waals surface area (Å²) in [6.45, 7) is 0. The molecule has 3 aromatic heterocycles. The average molecular weight is 735 g/mol. The fraction of sp³-hybridized carbons (Fsp3) is 0.0392. The highest BCUT2D eigenvalue weighted by molar-refractivity contribution is 7.26. The summed E-state index contributed by atoms with van der Waals surface area (Å²) in [6.07, 6.45) is 8.98.